The van der Waals surface area contributed by atoms with Gasteiger partial charge in [-0.3, -0.25) is 4.72 Å². The molecule has 0 fully saturated rings. The van der Waals surface area contributed by atoms with Gasteiger partial charge in [-0.2, -0.15) is 5.26 Å². The number of hydrogen-bond donors (Lipinski definition) is 1. The fraction of sp³-hybridized carbons (Fsp3) is 0.273. The molecular weight excluding hydrogens is 306 g/mol. The third kappa shape index (κ3) is 2.97. The third-order valence-corrected chi connectivity index (χ3v) is 5.43. The van der Waals surface area contributed by atoms with Crippen LogP contribution in [0.15, 0.2) is 18.2 Å². The first-order valence-electron chi connectivity index (χ1n) is 5.43. The molecule has 100 valence electrons. The molecule has 0 aliphatic rings. The Kier molecular flexibility index (Phi) is 3.94. The number of thiazole rings is 1. The van der Waals surface area contributed by atoms with E-state index in [0.29, 0.717) is 10.5 Å². The summed E-state index contributed by atoms with van der Waals surface area (Å²) < 4.78 is 27.0. The maximum absolute atomic E-state index is 11.9. The number of nitriles is 1. The highest BCUT2D eigenvalue weighted by Crippen LogP contribution is 2.29. The summed E-state index contributed by atoms with van der Waals surface area (Å²) in [5.74, 6) is 0. The molecule has 2 rings (SSSR count). The Morgan fingerprint density at radius 1 is 1.58 bits per heavy atom. The summed E-state index contributed by atoms with van der Waals surface area (Å²) in [4.78, 5) is 4.15. The summed E-state index contributed by atoms with van der Waals surface area (Å²) in [7, 11) is -3.73. The monoisotopic (exact) mass is 315 g/mol. The molecule has 8 heteroatoms. The zero-order chi connectivity index (χ0) is 14.0. The number of sulfonamides is 1. The lowest BCUT2D eigenvalue weighted by molar-refractivity contribution is 0.593. The highest BCUT2D eigenvalue weighted by Gasteiger charge is 2.24. The Balaban J connectivity index is 2.34. The molecule has 1 atom stereocenters. The van der Waals surface area contributed by atoms with Gasteiger partial charge >= 0.3 is 0 Å². The molecule has 2 aromatic rings. The van der Waals surface area contributed by atoms with Crippen molar-refractivity contribution in [2.75, 3.05) is 4.72 Å². The van der Waals surface area contributed by atoms with Gasteiger partial charge in [0.2, 0.25) is 0 Å². The van der Waals surface area contributed by atoms with Crippen molar-refractivity contribution in [3.63, 3.8) is 0 Å². The average molecular weight is 316 g/mol. The fourth-order valence-corrected chi connectivity index (χ4v) is 4.03. The first-order chi connectivity index (χ1) is 8.96. The van der Waals surface area contributed by atoms with E-state index < -0.39 is 15.3 Å². The van der Waals surface area contributed by atoms with Crippen LogP contribution in [0.2, 0.25) is 5.02 Å². The number of rotatable bonds is 4. The Morgan fingerprint density at radius 3 is 2.95 bits per heavy atom. The lowest BCUT2D eigenvalue weighted by Gasteiger charge is -2.07. The standard InChI is InChI=1S/C11H10ClN3O2S2/c1-2-8(6-13)19(16,17)15-11-14-9-4-3-7(12)5-10(9)18-11/h3-5,8H,2H2,1H3,(H,14,15). The van der Waals surface area contributed by atoms with Crippen LogP contribution in [0.3, 0.4) is 0 Å². The third-order valence-electron chi connectivity index (χ3n) is 2.47. The SMILES string of the molecule is CCC(C#N)S(=O)(=O)Nc1nc2ccc(Cl)cc2s1. The summed E-state index contributed by atoms with van der Waals surface area (Å²) in [6, 6.07) is 6.88. The zero-order valence-electron chi connectivity index (χ0n) is 9.92. The Bertz CT molecular complexity index is 749. The van der Waals surface area contributed by atoms with Crippen molar-refractivity contribution < 1.29 is 8.42 Å². The minimum atomic E-state index is -3.73. The summed E-state index contributed by atoms with van der Waals surface area (Å²) in [5.41, 5.74) is 0.664. The van der Waals surface area contributed by atoms with Crippen LogP contribution in [0, 0.1) is 11.3 Å². The molecule has 1 unspecified atom stereocenters. The molecule has 0 amide bonds. The normalized spacial score (nSPS) is 13.1. The molecule has 0 saturated heterocycles. The lowest BCUT2D eigenvalue weighted by Crippen LogP contribution is -2.25. The molecule has 1 N–H and O–H groups in total. The maximum Gasteiger partial charge on any atom is 0.250 e. The van der Waals surface area contributed by atoms with Crippen LogP contribution >= 0.6 is 22.9 Å². The van der Waals surface area contributed by atoms with E-state index in [2.05, 4.69) is 9.71 Å². The van der Waals surface area contributed by atoms with Gasteiger partial charge < -0.3 is 0 Å². The predicted octanol–water partition coefficient (Wildman–Crippen LogP) is 2.99. The van der Waals surface area contributed by atoms with Crippen LogP contribution in [-0.4, -0.2) is 18.7 Å². The molecular formula is C11H10ClN3O2S2. The molecule has 0 saturated carbocycles. The summed E-state index contributed by atoms with van der Waals surface area (Å²) >= 11 is 7.03. The van der Waals surface area contributed by atoms with Gasteiger partial charge in [0.1, 0.15) is 0 Å². The first kappa shape index (κ1) is 14.1. The van der Waals surface area contributed by atoms with Crippen molar-refractivity contribution >= 4 is 48.3 Å². The van der Waals surface area contributed by atoms with E-state index in [9.17, 15) is 8.42 Å². The molecule has 1 heterocycles. The molecule has 0 bridgehead atoms. The predicted molar refractivity (Wildman–Crippen MR) is 76.9 cm³/mol. The topological polar surface area (TPSA) is 82.8 Å². The van der Waals surface area contributed by atoms with Gasteiger partial charge in [0.25, 0.3) is 10.0 Å². The van der Waals surface area contributed by atoms with Gasteiger partial charge in [-0.1, -0.05) is 29.9 Å². The number of nitrogens with one attached hydrogen (secondary N) is 1. The molecule has 0 spiro atoms. The van der Waals surface area contributed by atoms with Gasteiger partial charge in [0.15, 0.2) is 10.4 Å². The number of anilines is 1. The second-order valence-corrected chi connectivity index (χ2v) is 7.13. The highest BCUT2D eigenvalue weighted by molar-refractivity contribution is 7.93. The number of fused-ring (bicyclic) bond motifs is 1. The van der Waals surface area contributed by atoms with Crippen molar-refractivity contribution in [3.8, 4) is 6.07 Å². The van der Waals surface area contributed by atoms with Gasteiger partial charge in [0.05, 0.1) is 16.3 Å². The van der Waals surface area contributed by atoms with Crippen LogP contribution in [0.1, 0.15) is 13.3 Å². The Hall–Kier alpha value is -1.36. The van der Waals surface area contributed by atoms with Crippen molar-refractivity contribution in [1.29, 1.82) is 5.26 Å². The van der Waals surface area contributed by atoms with Crippen LogP contribution < -0.4 is 4.72 Å². The van der Waals surface area contributed by atoms with Crippen molar-refractivity contribution in [2.24, 2.45) is 0 Å². The van der Waals surface area contributed by atoms with E-state index in [1.54, 1.807) is 31.2 Å². The van der Waals surface area contributed by atoms with Crippen molar-refractivity contribution in [1.82, 2.24) is 4.98 Å². The Morgan fingerprint density at radius 2 is 2.32 bits per heavy atom. The minimum Gasteiger partial charge on any atom is -0.257 e. The molecule has 0 radical (unpaired) electrons. The van der Waals surface area contributed by atoms with Crippen molar-refractivity contribution in [2.45, 2.75) is 18.6 Å². The zero-order valence-corrected chi connectivity index (χ0v) is 12.3. The number of hydrogen-bond acceptors (Lipinski definition) is 5. The van der Waals surface area contributed by atoms with Crippen LogP contribution in [0.4, 0.5) is 5.13 Å². The molecule has 1 aromatic carbocycles. The van der Waals surface area contributed by atoms with E-state index >= 15 is 0 Å². The molecule has 5 nitrogen and oxygen atoms in total. The van der Waals surface area contributed by atoms with Crippen LogP contribution in [0.25, 0.3) is 10.2 Å². The summed E-state index contributed by atoms with van der Waals surface area (Å²) in [5, 5.41) is 8.54. The first-order valence-corrected chi connectivity index (χ1v) is 8.17. The van der Waals surface area contributed by atoms with E-state index in [1.165, 1.54) is 11.3 Å². The molecule has 0 aliphatic carbocycles. The van der Waals surface area contributed by atoms with E-state index in [-0.39, 0.29) is 11.6 Å². The maximum atomic E-state index is 11.9. The Labute approximate surface area is 119 Å². The van der Waals surface area contributed by atoms with Gasteiger partial charge in [0, 0.05) is 5.02 Å². The molecule has 1 aromatic heterocycles. The van der Waals surface area contributed by atoms with Gasteiger partial charge in [-0.25, -0.2) is 13.4 Å². The highest BCUT2D eigenvalue weighted by atomic mass is 35.5. The van der Waals surface area contributed by atoms with Gasteiger partial charge in [-0.05, 0) is 24.6 Å². The second-order valence-electron chi connectivity index (χ2n) is 3.80. The lowest BCUT2D eigenvalue weighted by atomic mass is 10.3. The van der Waals surface area contributed by atoms with E-state index in [4.69, 9.17) is 16.9 Å². The fourth-order valence-electron chi connectivity index (χ4n) is 1.52. The number of benzene rings is 1. The smallest absolute Gasteiger partial charge is 0.250 e. The largest absolute Gasteiger partial charge is 0.257 e. The van der Waals surface area contributed by atoms with Crippen LogP contribution in [0.5, 0.6) is 0 Å². The van der Waals surface area contributed by atoms with Crippen LogP contribution in [-0.2, 0) is 10.0 Å². The van der Waals surface area contributed by atoms with Crippen molar-refractivity contribution in [3.05, 3.63) is 23.2 Å². The van der Waals surface area contributed by atoms with E-state index in [1.807, 2.05) is 0 Å². The summed E-state index contributed by atoms with van der Waals surface area (Å²) in [6.45, 7) is 1.64. The molecule has 19 heavy (non-hydrogen) atoms. The number of halogens is 1. The second kappa shape index (κ2) is 5.33. The minimum absolute atomic E-state index is 0.225. The molecule has 0 aliphatic heterocycles. The van der Waals surface area contributed by atoms with Gasteiger partial charge in [-0.15, -0.1) is 0 Å². The van der Waals surface area contributed by atoms with E-state index in [0.717, 1.165) is 4.70 Å². The summed E-state index contributed by atoms with van der Waals surface area (Å²) in [6.07, 6.45) is 0.225. The number of aromatic nitrogens is 1. The number of nitrogens with zero attached hydrogens (tertiary/aromatic N) is 2. The quantitative estimate of drug-likeness (QED) is 0.940. The average Bonchev–Trinajstić information content (AvgIpc) is 2.70.